The Labute approximate surface area is 146 Å². The Morgan fingerprint density at radius 3 is 2.35 bits per heavy atom. The van der Waals surface area contributed by atoms with Crippen molar-refractivity contribution < 1.29 is 4.79 Å². The quantitative estimate of drug-likeness (QED) is 0.917. The van der Waals surface area contributed by atoms with Crippen LogP contribution in [0.4, 0.5) is 0 Å². The van der Waals surface area contributed by atoms with E-state index in [4.69, 9.17) is 5.73 Å². The molecule has 1 atom stereocenters. The molecule has 1 aliphatic heterocycles. The minimum Gasteiger partial charge on any atom is -0.338 e. The number of nitrogens with two attached hydrogens (primary N) is 1. The number of hydrogen-bond donors (Lipinski definition) is 1. The Hall–Kier alpha value is -1.10. The molecule has 0 saturated carbocycles. The summed E-state index contributed by atoms with van der Waals surface area (Å²) in [7, 11) is 0. The van der Waals surface area contributed by atoms with Gasteiger partial charge in [-0.05, 0) is 25.3 Å². The lowest BCUT2D eigenvalue weighted by Gasteiger charge is -2.48. The number of carbonyl (C=O) groups excluding carboxylic acids is 1. The molecule has 0 bridgehead atoms. The summed E-state index contributed by atoms with van der Waals surface area (Å²) in [6.45, 7) is 11.7. The lowest BCUT2D eigenvalue weighted by Crippen LogP contribution is -2.62. The van der Waals surface area contributed by atoms with E-state index in [0.717, 1.165) is 26.2 Å². The fourth-order valence-corrected chi connectivity index (χ4v) is 2.97. The van der Waals surface area contributed by atoms with Crippen molar-refractivity contribution in [2.45, 2.75) is 45.8 Å². The smallest absolute Gasteiger partial charge is 0.239 e. The monoisotopic (exact) mass is 339 g/mol. The van der Waals surface area contributed by atoms with Crippen molar-refractivity contribution in [2.75, 3.05) is 19.6 Å². The highest BCUT2D eigenvalue weighted by Gasteiger charge is 2.37. The SMILES string of the molecule is CC(C)[C@H](N)C(=O)N1CCN(Cc2ccccc2)C(C)(C)C1.Cl. The van der Waals surface area contributed by atoms with Crippen molar-refractivity contribution in [3.05, 3.63) is 35.9 Å². The van der Waals surface area contributed by atoms with E-state index in [1.54, 1.807) is 0 Å². The third-order valence-corrected chi connectivity index (χ3v) is 4.61. The maximum Gasteiger partial charge on any atom is 0.239 e. The van der Waals surface area contributed by atoms with Gasteiger partial charge in [0.05, 0.1) is 6.04 Å². The third-order valence-electron chi connectivity index (χ3n) is 4.61. The maximum absolute atomic E-state index is 12.5. The second-order valence-electron chi connectivity index (χ2n) is 7.25. The van der Waals surface area contributed by atoms with E-state index in [1.807, 2.05) is 24.8 Å². The summed E-state index contributed by atoms with van der Waals surface area (Å²) in [4.78, 5) is 16.9. The van der Waals surface area contributed by atoms with Crippen LogP contribution in [0.2, 0.25) is 0 Å². The van der Waals surface area contributed by atoms with E-state index in [0.29, 0.717) is 0 Å². The van der Waals surface area contributed by atoms with Gasteiger partial charge < -0.3 is 10.6 Å². The molecule has 1 saturated heterocycles. The fraction of sp³-hybridized carbons (Fsp3) is 0.611. The van der Waals surface area contributed by atoms with Crippen LogP contribution in [-0.4, -0.2) is 46.9 Å². The van der Waals surface area contributed by atoms with Crippen LogP contribution in [0.5, 0.6) is 0 Å². The van der Waals surface area contributed by atoms with E-state index in [1.165, 1.54) is 5.56 Å². The van der Waals surface area contributed by atoms with E-state index < -0.39 is 6.04 Å². The van der Waals surface area contributed by atoms with Gasteiger partial charge >= 0.3 is 0 Å². The molecule has 1 aromatic carbocycles. The molecule has 0 aromatic heterocycles. The number of piperazine rings is 1. The first-order valence-electron chi connectivity index (χ1n) is 8.14. The Bertz CT molecular complexity index is 504. The zero-order valence-corrected chi connectivity index (χ0v) is 15.5. The molecule has 0 radical (unpaired) electrons. The summed E-state index contributed by atoms with van der Waals surface area (Å²) in [5.74, 6) is 0.264. The molecule has 23 heavy (non-hydrogen) atoms. The van der Waals surface area contributed by atoms with Crippen molar-refractivity contribution in [1.29, 1.82) is 0 Å². The van der Waals surface area contributed by atoms with Gasteiger partial charge in [-0.1, -0.05) is 44.2 Å². The molecule has 4 nitrogen and oxygen atoms in total. The van der Waals surface area contributed by atoms with Gasteiger partial charge in [0.1, 0.15) is 0 Å². The summed E-state index contributed by atoms with van der Waals surface area (Å²) in [5.41, 5.74) is 7.31. The number of nitrogens with zero attached hydrogens (tertiary/aromatic N) is 2. The third kappa shape index (κ3) is 4.93. The largest absolute Gasteiger partial charge is 0.338 e. The lowest BCUT2D eigenvalue weighted by molar-refractivity contribution is -0.138. The van der Waals surface area contributed by atoms with Crippen LogP contribution in [0.1, 0.15) is 33.3 Å². The van der Waals surface area contributed by atoms with Gasteiger partial charge in [0.2, 0.25) is 5.91 Å². The van der Waals surface area contributed by atoms with Crippen LogP contribution in [0, 0.1) is 5.92 Å². The van der Waals surface area contributed by atoms with Crippen LogP contribution in [-0.2, 0) is 11.3 Å². The van der Waals surface area contributed by atoms with Crippen LogP contribution < -0.4 is 5.73 Å². The molecule has 0 unspecified atom stereocenters. The van der Waals surface area contributed by atoms with E-state index in [2.05, 4.69) is 43.0 Å². The number of carbonyl (C=O) groups is 1. The number of benzene rings is 1. The highest BCUT2D eigenvalue weighted by molar-refractivity contribution is 5.85. The second-order valence-corrected chi connectivity index (χ2v) is 7.25. The van der Waals surface area contributed by atoms with Crippen LogP contribution in [0.25, 0.3) is 0 Å². The Kier molecular flexibility index (Phi) is 7.05. The average molecular weight is 340 g/mol. The predicted octanol–water partition coefficient (Wildman–Crippen LogP) is 2.51. The van der Waals surface area contributed by atoms with Crippen LogP contribution in [0.15, 0.2) is 30.3 Å². The van der Waals surface area contributed by atoms with Gasteiger partial charge in [-0.2, -0.15) is 0 Å². The first kappa shape index (κ1) is 19.9. The molecule has 0 aliphatic carbocycles. The fourth-order valence-electron chi connectivity index (χ4n) is 2.97. The zero-order valence-electron chi connectivity index (χ0n) is 14.7. The lowest BCUT2D eigenvalue weighted by atomic mass is 9.96. The standard InChI is InChI=1S/C18H29N3O.ClH/c1-14(2)16(19)17(22)20-10-11-21(18(3,4)13-20)12-15-8-6-5-7-9-15;/h5-9,14,16H,10-13,19H2,1-4H3;1H/t16-;/m0./s1. The number of amides is 1. The van der Waals surface area contributed by atoms with E-state index in [9.17, 15) is 4.79 Å². The van der Waals surface area contributed by atoms with Crippen LogP contribution >= 0.6 is 12.4 Å². The van der Waals surface area contributed by atoms with Gasteiger partial charge in [0.25, 0.3) is 0 Å². The molecule has 1 amide bonds. The molecular formula is C18H30ClN3O. The van der Waals surface area contributed by atoms with Crippen molar-refractivity contribution in [1.82, 2.24) is 9.80 Å². The molecule has 2 N–H and O–H groups in total. The van der Waals surface area contributed by atoms with Gasteiger partial charge in [-0.15, -0.1) is 12.4 Å². The number of hydrogen-bond acceptors (Lipinski definition) is 3. The van der Waals surface area contributed by atoms with Gasteiger partial charge in [0.15, 0.2) is 0 Å². The van der Waals surface area contributed by atoms with Crippen molar-refractivity contribution in [3.8, 4) is 0 Å². The van der Waals surface area contributed by atoms with Gasteiger partial charge in [-0.25, -0.2) is 0 Å². The second kappa shape index (κ2) is 8.13. The topological polar surface area (TPSA) is 49.6 Å². The first-order valence-corrected chi connectivity index (χ1v) is 8.14. The van der Waals surface area contributed by atoms with Gasteiger partial charge in [-0.3, -0.25) is 9.69 Å². The normalized spacial score (nSPS) is 19.3. The summed E-state index contributed by atoms with van der Waals surface area (Å²) < 4.78 is 0. The Morgan fingerprint density at radius 1 is 1.22 bits per heavy atom. The average Bonchev–Trinajstić information content (AvgIpc) is 2.48. The molecule has 5 heteroatoms. The minimum atomic E-state index is -0.392. The summed E-state index contributed by atoms with van der Waals surface area (Å²) in [6, 6.07) is 10.1. The predicted molar refractivity (Wildman–Crippen MR) is 97.6 cm³/mol. The van der Waals surface area contributed by atoms with Gasteiger partial charge in [0, 0.05) is 31.7 Å². The maximum atomic E-state index is 12.5. The summed E-state index contributed by atoms with van der Waals surface area (Å²) in [6.07, 6.45) is 0. The molecule has 1 aromatic rings. The molecule has 0 spiro atoms. The van der Waals surface area contributed by atoms with E-state index >= 15 is 0 Å². The first-order chi connectivity index (χ1) is 10.3. The highest BCUT2D eigenvalue weighted by Crippen LogP contribution is 2.24. The Morgan fingerprint density at radius 2 is 1.83 bits per heavy atom. The molecule has 1 fully saturated rings. The molecule has 1 aliphatic rings. The molecule has 130 valence electrons. The number of halogens is 1. The highest BCUT2D eigenvalue weighted by atomic mass is 35.5. The minimum absolute atomic E-state index is 0. The molecule has 2 rings (SSSR count). The molecule has 1 heterocycles. The molecular weight excluding hydrogens is 310 g/mol. The van der Waals surface area contributed by atoms with Crippen LogP contribution in [0.3, 0.4) is 0 Å². The Balaban J connectivity index is 0.00000264. The number of rotatable bonds is 4. The van der Waals surface area contributed by atoms with Crippen molar-refractivity contribution in [2.24, 2.45) is 11.7 Å². The summed E-state index contributed by atoms with van der Waals surface area (Å²) in [5, 5.41) is 0. The summed E-state index contributed by atoms with van der Waals surface area (Å²) >= 11 is 0. The zero-order chi connectivity index (χ0) is 16.3. The van der Waals surface area contributed by atoms with Crippen molar-refractivity contribution >= 4 is 18.3 Å². The van der Waals surface area contributed by atoms with Crippen molar-refractivity contribution in [3.63, 3.8) is 0 Å². The van der Waals surface area contributed by atoms with E-state index in [-0.39, 0.29) is 29.8 Å².